The molecule has 6 nitrogen and oxygen atoms in total. The van der Waals surface area contributed by atoms with E-state index in [0.717, 1.165) is 37.0 Å². The standard InChI is InChI=1S/C23H24N2O4/c1-2-3-11-25-20(17-6-4-10-24-14-17)19(22(27)23(25)28)21(26)16-8-9-18-15(13-16)7-5-12-29-18/h4,6,8-10,13-14,20,26H,2-3,5,7,11-12H2,1H3/b21-19-. The van der Waals surface area contributed by atoms with Gasteiger partial charge in [-0.2, -0.15) is 0 Å². The zero-order chi connectivity index (χ0) is 20.4. The lowest BCUT2D eigenvalue weighted by molar-refractivity contribution is -0.139. The largest absolute Gasteiger partial charge is 0.507 e. The summed E-state index contributed by atoms with van der Waals surface area (Å²) in [5, 5.41) is 11.1. The summed E-state index contributed by atoms with van der Waals surface area (Å²) in [6.45, 7) is 3.17. The van der Waals surface area contributed by atoms with Gasteiger partial charge in [-0.3, -0.25) is 14.6 Å². The van der Waals surface area contributed by atoms with Crippen molar-refractivity contribution in [3.8, 4) is 5.75 Å². The highest BCUT2D eigenvalue weighted by Gasteiger charge is 2.45. The second-order valence-corrected chi connectivity index (χ2v) is 7.41. The molecule has 4 rings (SSSR count). The van der Waals surface area contributed by atoms with Crippen molar-refractivity contribution in [1.82, 2.24) is 9.88 Å². The van der Waals surface area contributed by atoms with Crippen LogP contribution in [0.3, 0.4) is 0 Å². The Bertz CT molecular complexity index is 968. The van der Waals surface area contributed by atoms with Gasteiger partial charge in [0, 0.05) is 24.5 Å². The molecule has 0 radical (unpaired) electrons. The van der Waals surface area contributed by atoms with Crippen LogP contribution in [0.15, 0.2) is 48.3 Å². The summed E-state index contributed by atoms with van der Waals surface area (Å²) >= 11 is 0. The predicted molar refractivity (Wildman–Crippen MR) is 108 cm³/mol. The molecule has 1 unspecified atom stereocenters. The summed E-state index contributed by atoms with van der Waals surface area (Å²) < 4.78 is 5.64. The summed E-state index contributed by atoms with van der Waals surface area (Å²) in [4.78, 5) is 31.4. The highest BCUT2D eigenvalue weighted by molar-refractivity contribution is 6.46. The molecular formula is C23H24N2O4. The first-order valence-electron chi connectivity index (χ1n) is 10.1. The second kappa shape index (κ2) is 8.07. The number of hydrogen-bond donors (Lipinski definition) is 1. The molecule has 2 aromatic rings. The Morgan fingerprint density at radius 2 is 2.17 bits per heavy atom. The number of ether oxygens (including phenoxy) is 1. The molecule has 2 aliphatic rings. The maximum atomic E-state index is 12.9. The van der Waals surface area contributed by atoms with Gasteiger partial charge < -0.3 is 14.7 Å². The molecule has 29 heavy (non-hydrogen) atoms. The lowest BCUT2D eigenvalue weighted by atomic mass is 9.94. The molecule has 1 aromatic heterocycles. The quantitative estimate of drug-likeness (QED) is 0.478. The lowest BCUT2D eigenvalue weighted by Crippen LogP contribution is -2.30. The van der Waals surface area contributed by atoms with Gasteiger partial charge in [-0.25, -0.2) is 0 Å². The summed E-state index contributed by atoms with van der Waals surface area (Å²) in [6, 6.07) is 8.36. The van der Waals surface area contributed by atoms with Crippen LogP contribution in [0.1, 0.15) is 48.9 Å². The Labute approximate surface area is 169 Å². The maximum Gasteiger partial charge on any atom is 0.295 e. The van der Waals surface area contributed by atoms with Gasteiger partial charge in [-0.15, -0.1) is 0 Å². The number of aliphatic hydroxyl groups is 1. The van der Waals surface area contributed by atoms with Gasteiger partial charge in [0.25, 0.3) is 11.7 Å². The number of aromatic nitrogens is 1. The Balaban J connectivity index is 1.82. The summed E-state index contributed by atoms with van der Waals surface area (Å²) in [5.41, 5.74) is 2.36. The number of hydrogen-bond acceptors (Lipinski definition) is 5. The first-order valence-corrected chi connectivity index (χ1v) is 10.1. The number of fused-ring (bicyclic) bond motifs is 1. The number of pyridine rings is 1. The molecule has 1 fully saturated rings. The van der Waals surface area contributed by atoms with Crippen LogP contribution in [-0.4, -0.2) is 39.8 Å². The monoisotopic (exact) mass is 392 g/mol. The number of likely N-dealkylation sites (tertiary alicyclic amines) is 1. The van der Waals surface area contributed by atoms with Crippen molar-refractivity contribution in [1.29, 1.82) is 0 Å². The van der Waals surface area contributed by atoms with Crippen LogP contribution in [0.25, 0.3) is 5.76 Å². The number of carbonyl (C=O) groups is 2. The van der Waals surface area contributed by atoms with Gasteiger partial charge in [-0.05, 0) is 54.7 Å². The van der Waals surface area contributed by atoms with Crippen LogP contribution in [0.2, 0.25) is 0 Å². The Kier molecular flexibility index (Phi) is 5.34. The van der Waals surface area contributed by atoms with Gasteiger partial charge >= 0.3 is 0 Å². The molecule has 0 spiro atoms. The molecule has 0 saturated carbocycles. The molecule has 1 N–H and O–H groups in total. The minimum absolute atomic E-state index is 0.121. The topological polar surface area (TPSA) is 79.7 Å². The van der Waals surface area contributed by atoms with Gasteiger partial charge in [0.1, 0.15) is 11.5 Å². The van der Waals surface area contributed by atoms with Crippen molar-refractivity contribution in [2.75, 3.05) is 13.2 Å². The van der Waals surface area contributed by atoms with Crippen LogP contribution in [0.5, 0.6) is 5.75 Å². The molecule has 6 heteroatoms. The number of ketones is 1. The molecule has 1 atom stereocenters. The maximum absolute atomic E-state index is 12.9. The number of nitrogens with zero attached hydrogens (tertiary/aromatic N) is 2. The van der Waals surface area contributed by atoms with Crippen LogP contribution in [0, 0.1) is 0 Å². The summed E-state index contributed by atoms with van der Waals surface area (Å²) in [7, 11) is 0. The third-order valence-electron chi connectivity index (χ3n) is 5.47. The first kappa shape index (κ1) is 19.2. The fourth-order valence-electron chi connectivity index (χ4n) is 3.99. The molecule has 0 bridgehead atoms. The minimum Gasteiger partial charge on any atom is -0.507 e. The average Bonchev–Trinajstić information content (AvgIpc) is 3.02. The Morgan fingerprint density at radius 1 is 1.31 bits per heavy atom. The van der Waals surface area contributed by atoms with Crippen LogP contribution >= 0.6 is 0 Å². The van der Waals surface area contributed by atoms with Crippen molar-refractivity contribution in [2.24, 2.45) is 0 Å². The van der Waals surface area contributed by atoms with Crippen molar-refractivity contribution < 1.29 is 19.4 Å². The number of aliphatic hydroxyl groups excluding tert-OH is 1. The Morgan fingerprint density at radius 3 is 2.93 bits per heavy atom. The van der Waals surface area contributed by atoms with Gasteiger partial charge in [0.15, 0.2) is 0 Å². The van der Waals surface area contributed by atoms with Gasteiger partial charge in [0.2, 0.25) is 0 Å². The molecule has 1 saturated heterocycles. The van der Waals surface area contributed by atoms with E-state index in [2.05, 4.69) is 4.98 Å². The van der Waals surface area contributed by atoms with E-state index in [9.17, 15) is 14.7 Å². The fourth-order valence-corrected chi connectivity index (χ4v) is 3.99. The third-order valence-corrected chi connectivity index (χ3v) is 5.47. The van der Waals surface area contributed by atoms with E-state index in [0.29, 0.717) is 24.3 Å². The first-order chi connectivity index (χ1) is 14.1. The van der Waals surface area contributed by atoms with Gasteiger partial charge in [-0.1, -0.05) is 19.4 Å². The van der Waals surface area contributed by atoms with Crippen LogP contribution in [0.4, 0.5) is 0 Å². The van der Waals surface area contributed by atoms with Crippen LogP contribution < -0.4 is 4.74 Å². The SMILES string of the molecule is CCCCN1C(=O)C(=O)/C(=C(\O)c2ccc3c(c2)CCCO3)C1c1cccnc1. The van der Waals surface area contributed by atoms with E-state index in [1.54, 1.807) is 29.4 Å². The van der Waals surface area contributed by atoms with Crippen molar-refractivity contribution in [2.45, 2.75) is 38.6 Å². The van der Waals surface area contributed by atoms with Crippen molar-refractivity contribution in [3.63, 3.8) is 0 Å². The van der Waals surface area contributed by atoms with E-state index in [1.807, 2.05) is 25.1 Å². The van der Waals surface area contributed by atoms with Crippen molar-refractivity contribution in [3.05, 3.63) is 65.0 Å². The molecule has 0 aliphatic carbocycles. The second-order valence-electron chi connectivity index (χ2n) is 7.41. The zero-order valence-corrected chi connectivity index (χ0v) is 16.4. The molecule has 150 valence electrons. The normalized spacial score (nSPS) is 20.4. The van der Waals surface area contributed by atoms with E-state index in [4.69, 9.17) is 4.74 Å². The number of carbonyl (C=O) groups excluding carboxylic acids is 2. The van der Waals surface area contributed by atoms with Crippen LogP contribution in [-0.2, 0) is 16.0 Å². The number of aryl methyl sites for hydroxylation is 1. The van der Waals surface area contributed by atoms with E-state index in [-0.39, 0.29) is 11.3 Å². The zero-order valence-electron chi connectivity index (χ0n) is 16.4. The molecular weight excluding hydrogens is 368 g/mol. The highest BCUT2D eigenvalue weighted by atomic mass is 16.5. The molecule has 3 heterocycles. The Hall–Kier alpha value is -3.15. The summed E-state index contributed by atoms with van der Waals surface area (Å²) in [5.74, 6) is -0.568. The number of amides is 1. The number of benzene rings is 1. The molecule has 1 aromatic carbocycles. The predicted octanol–water partition coefficient (Wildman–Crippen LogP) is 3.63. The average molecular weight is 392 g/mol. The number of unbranched alkanes of at least 4 members (excludes halogenated alkanes) is 1. The minimum atomic E-state index is -0.651. The fraction of sp³-hybridized carbons (Fsp3) is 0.348. The highest BCUT2D eigenvalue weighted by Crippen LogP contribution is 2.40. The summed E-state index contributed by atoms with van der Waals surface area (Å²) in [6.07, 6.45) is 6.73. The number of Topliss-reactive ketones (excluding diaryl/α,β-unsaturated/α-hetero) is 1. The third kappa shape index (κ3) is 3.50. The molecule has 2 aliphatic heterocycles. The molecule has 1 amide bonds. The van der Waals surface area contributed by atoms with Gasteiger partial charge in [0.05, 0.1) is 18.2 Å². The number of rotatable bonds is 5. The van der Waals surface area contributed by atoms with E-state index >= 15 is 0 Å². The lowest BCUT2D eigenvalue weighted by Gasteiger charge is -2.25. The smallest absolute Gasteiger partial charge is 0.295 e. The van der Waals surface area contributed by atoms with E-state index < -0.39 is 17.7 Å². The van der Waals surface area contributed by atoms with Crippen molar-refractivity contribution >= 4 is 17.4 Å². The van der Waals surface area contributed by atoms with E-state index in [1.165, 1.54) is 0 Å².